The van der Waals surface area contributed by atoms with Crippen molar-refractivity contribution in [1.29, 1.82) is 0 Å². The standard InChI is InChI=1S/C14H13N3O2S/c1-8(2)17-13(18)12(20-14(17)19)5-9-6-16-11-3-4-15-7-10(9)11/h3-8,16H,1-2H3/b12-5-. The number of carbonyl (C=O) groups is 2. The van der Waals surface area contributed by atoms with Gasteiger partial charge in [0.05, 0.1) is 4.91 Å². The van der Waals surface area contributed by atoms with Crippen molar-refractivity contribution in [3.8, 4) is 0 Å². The lowest BCUT2D eigenvalue weighted by molar-refractivity contribution is -0.123. The Hall–Kier alpha value is -2.08. The number of aromatic amines is 1. The molecule has 5 nitrogen and oxygen atoms in total. The molecule has 1 aliphatic heterocycles. The Morgan fingerprint density at radius 3 is 2.90 bits per heavy atom. The zero-order valence-corrected chi connectivity index (χ0v) is 11.9. The van der Waals surface area contributed by atoms with Gasteiger partial charge in [-0.3, -0.25) is 19.5 Å². The van der Waals surface area contributed by atoms with Crippen LogP contribution in [0.3, 0.4) is 0 Å². The van der Waals surface area contributed by atoms with Gasteiger partial charge in [-0.15, -0.1) is 0 Å². The van der Waals surface area contributed by atoms with E-state index in [1.807, 2.05) is 26.1 Å². The van der Waals surface area contributed by atoms with Crippen LogP contribution in [0.15, 0.2) is 29.6 Å². The number of hydrogen-bond acceptors (Lipinski definition) is 4. The lowest BCUT2D eigenvalue weighted by Crippen LogP contribution is -2.34. The molecule has 0 aromatic carbocycles. The summed E-state index contributed by atoms with van der Waals surface area (Å²) >= 11 is 0.981. The Kier molecular flexibility index (Phi) is 3.10. The van der Waals surface area contributed by atoms with Crippen molar-refractivity contribution in [2.75, 3.05) is 0 Å². The average molecular weight is 287 g/mol. The minimum Gasteiger partial charge on any atom is -0.360 e. The van der Waals surface area contributed by atoms with Crippen molar-refractivity contribution < 1.29 is 9.59 Å². The molecule has 1 saturated heterocycles. The van der Waals surface area contributed by atoms with Gasteiger partial charge in [0, 0.05) is 41.1 Å². The lowest BCUT2D eigenvalue weighted by atomic mass is 10.2. The largest absolute Gasteiger partial charge is 0.360 e. The second kappa shape index (κ2) is 4.79. The smallest absolute Gasteiger partial charge is 0.293 e. The highest BCUT2D eigenvalue weighted by atomic mass is 32.2. The van der Waals surface area contributed by atoms with Crippen LogP contribution in [-0.4, -0.2) is 32.1 Å². The van der Waals surface area contributed by atoms with Gasteiger partial charge in [0.25, 0.3) is 11.1 Å². The molecule has 1 aliphatic rings. The summed E-state index contributed by atoms with van der Waals surface area (Å²) in [5.41, 5.74) is 1.82. The molecule has 0 bridgehead atoms. The first-order valence-corrected chi connectivity index (χ1v) is 7.07. The molecule has 3 rings (SSSR count). The van der Waals surface area contributed by atoms with Crippen LogP contribution in [0.2, 0.25) is 0 Å². The van der Waals surface area contributed by atoms with Crippen molar-refractivity contribution in [1.82, 2.24) is 14.9 Å². The molecule has 20 heavy (non-hydrogen) atoms. The third-order valence-corrected chi connectivity index (χ3v) is 4.03. The van der Waals surface area contributed by atoms with E-state index in [1.165, 1.54) is 4.90 Å². The molecule has 102 valence electrons. The molecular weight excluding hydrogens is 274 g/mol. The maximum absolute atomic E-state index is 12.2. The van der Waals surface area contributed by atoms with Gasteiger partial charge in [-0.2, -0.15) is 0 Å². The van der Waals surface area contributed by atoms with Crippen molar-refractivity contribution >= 4 is 39.9 Å². The SMILES string of the molecule is CC(C)N1C(=O)S/C(=C\c2c[nH]c3ccncc23)C1=O. The van der Waals surface area contributed by atoms with Gasteiger partial charge in [0.15, 0.2) is 0 Å². The fraction of sp³-hybridized carbons (Fsp3) is 0.214. The topological polar surface area (TPSA) is 66.1 Å². The number of carbonyl (C=O) groups excluding carboxylic acids is 2. The predicted octanol–water partition coefficient (Wildman–Crippen LogP) is 3.01. The van der Waals surface area contributed by atoms with Gasteiger partial charge in [0.1, 0.15) is 0 Å². The van der Waals surface area contributed by atoms with E-state index in [0.29, 0.717) is 4.91 Å². The first-order chi connectivity index (χ1) is 9.58. The van der Waals surface area contributed by atoms with Crippen molar-refractivity contribution in [3.63, 3.8) is 0 Å². The summed E-state index contributed by atoms with van der Waals surface area (Å²) in [5, 5.41) is 0.720. The molecule has 2 aromatic heterocycles. The Morgan fingerprint density at radius 2 is 2.20 bits per heavy atom. The summed E-state index contributed by atoms with van der Waals surface area (Å²) in [6.45, 7) is 3.66. The molecule has 0 spiro atoms. The highest BCUT2D eigenvalue weighted by Gasteiger charge is 2.36. The zero-order chi connectivity index (χ0) is 14.3. The summed E-state index contributed by atoms with van der Waals surface area (Å²) in [7, 11) is 0. The molecule has 0 radical (unpaired) electrons. The summed E-state index contributed by atoms with van der Waals surface area (Å²) in [4.78, 5) is 33.0. The average Bonchev–Trinajstić information content (AvgIpc) is 2.93. The third kappa shape index (κ3) is 2.02. The van der Waals surface area contributed by atoms with E-state index >= 15 is 0 Å². The quantitative estimate of drug-likeness (QED) is 0.862. The minimum atomic E-state index is -0.228. The number of aromatic nitrogens is 2. The normalized spacial score (nSPS) is 17.9. The molecule has 6 heteroatoms. The zero-order valence-electron chi connectivity index (χ0n) is 11.1. The number of imide groups is 1. The Bertz CT molecular complexity index is 733. The summed E-state index contributed by atoms with van der Waals surface area (Å²) in [6, 6.07) is 1.74. The van der Waals surface area contributed by atoms with E-state index in [0.717, 1.165) is 28.2 Å². The molecule has 1 N–H and O–H groups in total. The molecule has 0 unspecified atom stereocenters. The molecule has 2 amide bonds. The summed E-state index contributed by atoms with van der Waals surface area (Å²) < 4.78 is 0. The van der Waals surface area contributed by atoms with Crippen molar-refractivity contribution in [2.45, 2.75) is 19.9 Å². The summed E-state index contributed by atoms with van der Waals surface area (Å²) in [6.07, 6.45) is 7.00. The first kappa shape index (κ1) is 12.9. The maximum atomic E-state index is 12.2. The van der Waals surface area contributed by atoms with Gasteiger partial charge in [-0.1, -0.05) is 0 Å². The monoisotopic (exact) mass is 287 g/mol. The highest BCUT2D eigenvalue weighted by Crippen LogP contribution is 2.34. The number of amides is 2. The van der Waals surface area contributed by atoms with Crippen LogP contribution in [0.25, 0.3) is 17.0 Å². The van der Waals surface area contributed by atoms with Crippen LogP contribution in [0.5, 0.6) is 0 Å². The second-order valence-electron chi connectivity index (χ2n) is 4.81. The first-order valence-electron chi connectivity index (χ1n) is 6.26. The van der Waals surface area contributed by atoms with Gasteiger partial charge in [-0.25, -0.2) is 0 Å². The van der Waals surface area contributed by atoms with Crippen LogP contribution in [0.1, 0.15) is 19.4 Å². The number of hydrogen-bond donors (Lipinski definition) is 1. The Balaban J connectivity index is 2.01. The van der Waals surface area contributed by atoms with E-state index in [-0.39, 0.29) is 17.2 Å². The van der Waals surface area contributed by atoms with E-state index in [2.05, 4.69) is 9.97 Å². The highest BCUT2D eigenvalue weighted by molar-refractivity contribution is 8.18. The van der Waals surface area contributed by atoms with Crippen LogP contribution in [0.4, 0.5) is 4.79 Å². The number of rotatable bonds is 2. The minimum absolute atomic E-state index is 0.127. The van der Waals surface area contributed by atoms with Gasteiger partial charge in [0.2, 0.25) is 0 Å². The van der Waals surface area contributed by atoms with E-state index in [4.69, 9.17) is 0 Å². The van der Waals surface area contributed by atoms with Crippen LogP contribution < -0.4 is 0 Å². The molecule has 0 atom stereocenters. The molecular formula is C14H13N3O2S. The molecule has 2 aromatic rings. The second-order valence-corrected chi connectivity index (χ2v) is 5.80. The van der Waals surface area contributed by atoms with E-state index in [9.17, 15) is 9.59 Å². The fourth-order valence-corrected chi connectivity index (χ4v) is 3.12. The molecule has 3 heterocycles. The predicted molar refractivity (Wildman–Crippen MR) is 79.0 cm³/mol. The molecule has 0 aliphatic carbocycles. The van der Waals surface area contributed by atoms with Crippen molar-refractivity contribution in [2.24, 2.45) is 0 Å². The number of fused-ring (bicyclic) bond motifs is 1. The number of nitrogens with one attached hydrogen (secondary N) is 1. The number of nitrogens with zero attached hydrogens (tertiary/aromatic N) is 2. The third-order valence-electron chi connectivity index (χ3n) is 3.14. The lowest BCUT2D eigenvalue weighted by Gasteiger charge is -2.16. The number of thioether (sulfide) groups is 1. The Morgan fingerprint density at radius 1 is 1.40 bits per heavy atom. The molecule has 0 saturated carbocycles. The van der Waals surface area contributed by atoms with Gasteiger partial charge >= 0.3 is 0 Å². The van der Waals surface area contributed by atoms with Crippen LogP contribution in [-0.2, 0) is 4.79 Å². The van der Waals surface area contributed by atoms with E-state index in [1.54, 1.807) is 18.5 Å². The van der Waals surface area contributed by atoms with Gasteiger partial charge in [-0.05, 0) is 37.8 Å². The fourth-order valence-electron chi connectivity index (χ4n) is 2.17. The van der Waals surface area contributed by atoms with Crippen LogP contribution >= 0.6 is 11.8 Å². The molecule has 1 fully saturated rings. The van der Waals surface area contributed by atoms with Crippen molar-refractivity contribution in [3.05, 3.63) is 35.1 Å². The Labute approximate surface area is 120 Å². The van der Waals surface area contributed by atoms with Crippen LogP contribution in [0, 0.1) is 0 Å². The summed E-state index contributed by atoms with van der Waals surface area (Å²) in [5.74, 6) is -0.228. The van der Waals surface area contributed by atoms with Gasteiger partial charge < -0.3 is 4.98 Å². The number of pyridine rings is 1. The maximum Gasteiger partial charge on any atom is 0.293 e. The number of H-pyrrole nitrogens is 1. The van der Waals surface area contributed by atoms with E-state index < -0.39 is 0 Å².